The largest absolute Gasteiger partial charge is 0.479 e. The standard InChI is InChI=1S/C16H15N3O4S/c20-13-7-6-12(18-19(13)11-4-2-1-3-5-11)14(21)17-16(15(22)23)8-9-24-10-16/h1-7H,8-10H2,(H,17,21)(H,22,23). The van der Waals surface area contributed by atoms with Crippen molar-refractivity contribution < 1.29 is 14.7 Å². The molecule has 1 saturated heterocycles. The first-order valence-electron chi connectivity index (χ1n) is 7.31. The number of aromatic nitrogens is 2. The van der Waals surface area contributed by atoms with Crippen molar-refractivity contribution in [3.63, 3.8) is 0 Å². The summed E-state index contributed by atoms with van der Waals surface area (Å²) in [6.45, 7) is 0. The minimum Gasteiger partial charge on any atom is -0.479 e. The second-order valence-corrected chi connectivity index (χ2v) is 6.55. The summed E-state index contributed by atoms with van der Waals surface area (Å²) in [7, 11) is 0. The molecule has 7 nitrogen and oxygen atoms in total. The van der Waals surface area contributed by atoms with Crippen molar-refractivity contribution in [1.29, 1.82) is 0 Å². The number of carbonyl (C=O) groups is 2. The number of rotatable bonds is 4. The molecule has 1 fully saturated rings. The number of carboxylic acid groups (broad SMARTS) is 1. The Hall–Kier alpha value is -2.61. The fourth-order valence-electron chi connectivity index (χ4n) is 2.45. The normalized spacial score (nSPS) is 19.8. The lowest BCUT2D eigenvalue weighted by Crippen LogP contribution is -2.55. The molecular weight excluding hydrogens is 330 g/mol. The van der Waals surface area contributed by atoms with Gasteiger partial charge in [0, 0.05) is 11.8 Å². The number of carboxylic acids is 1. The molecule has 0 bridgehead atoms. The lowest BCUT2D eigenvalue weighted by atomic mass is 9.99. The van der Waals surface area contributed by atoms with E-state index in [9.17, 15) is 19.5 Å². The first-order valence-corrected chi connectivity index (χ1v) is 8.47. The molecule has 124 valence electrons. The van der Waals surface area contributed by atoms with Crippen LogP contribution in [0.5, 0.6) is 0 Å². The summed E-state index contributed by atoms with van der Waals surface area (Å²) in [4.78, 5) is 36.0. The first-order chi connectivity index (χ1) is 11.5. The molecule has 1 aromatic heterocycles. The Kier molecular flexibility index (Phi) is 4.39. The van der Waals surface area contributed by atoms with Gasteiger partial charge >= 0.3 is 5.97 Å². The third-order valence-electron chi connectivity index (χ3n) is 3.82. The van der Waals surface area contributed by atoms with E-state index in [1.165, 1.54) is 23.9 Å². The quantitative estimate of drug-likeness (QED) is 0.855. The van der Waals surface area contributed by atoms with Crippen LogP contribution in [0.3, 0.4) is 0 Å². The SMILES string of the molecule is O=C(NC1(C(=O)O)CCSC1)c1ccc(=O)n(-c2ccccc2)n1. The smallest absolute Gasteiger partial charge is 0.330 e. The topological polar surface area (TPSA) is 101 Å². The summed E-state index contributed by atoms with van der Waals surface area (Å²) < 4.78 is 1.12. The van der Waals surface area contributed by atoms with E-state index in [2.05, 4.69) is 10.4 Å². The Morgan fingerprint density at radius 1 is 1.21 bits per heavy atom. The number of hydrogen-bond donors (Lipinski definition) is 2. The lowest BCUT2D eigenvalue weighted by Gasteiger charge is -2.24. The van der Waals surface area contributed by atoms with E-state index in [1.54, 1.807) is 30.3 Å². The van der Waals surface area contributed by atoms with Crippen molar-refractivity contribution in [2.75, 3.05) is 11.5 Å². The van der Waals surface area contributed by atoms with Crippen molar-refractivity contribution in [2.24, 2.45) is 0 Å². The molecule has 1 aliphatic rings. The van der Waals surface area contributed by atoms with Gasteiger partial charge in [-0.2, -0.15) is 21.5 Å². The predicted molar refractivity (Wildman–Crippen MR) is 89.6 cm³/mol. The van der Waals surface area contributed by atoms with Gasteiger partial charge in [0.2, 0.25) is 0 Å². The Labute approximate surface area is 141 Å². The molecule has 8 heteroatoms. The van der Waals surface area contributed by atoms with Crippen LogP contribution in [-0.4, -0.2) is 43.8 Å². The summed E-state index contributed by atoms with van der Waals surface area (Å²) in [6, 6.07) is 11.3. The molecule has 0 saturated carbocycles. The minimum absolute atomic E-state index is 0.00372. The van der Waals surface area contributed by atoms with Crippen LogP contribution < -0.4 is 10.9 Å². The van der Waals surface area contributed by atoms with Gasteiger partial charge in [0.05, 0.1) is 5.69 Å². The Balaban J connectivity index is 1.91. The maximum absolute atomic E-state index is 12.4. The number of amides is 1. The van der Waals surface area contributed by atoms with Crippen LogP contribution in [-0.2, 0) is 4.79 Å². The summed E-state index contributed by atoms with van der Waals surface area (Å²) >= 11 is 1.48. The molecule has 1 aromatic carbocycles. The number of nitrogens with zero attached hydrogens (tertiary/aromatic N) is 2. The minimum atomic E-state index is -1.28. The third kappa shape index (κ3) is 3.05. The zero-order chi connectivity index (χ0) is 17.2. The van der Waals surface area contributed by atoms with Crippen molar-refractivity contribution in [1.82, 2.24) is 15.1 Å². The molecule has 1 unspecified atom stereocenters. The second kappa shape index (κ2) is 6.48. The van der Waals surface area contributed by atoms with Gasteiger partial charge in [-0.05, 0) is 30.4 Å². The maximum Gasteiger partial charge on any atom is 0.330 e. The molecule has 0 spiro atoms. The van der Waals surface area contributed by atoms with E-state index in [-0.39, 0.29) is 11.3 Å². The zero-order valence-electron chi connectivity index (χ0n) is 12.6. The highest BCUT2D eigenvalue weighted by Gasteiger charge is 2.43. The summed E-state index contributed by atoms with van der Waals surface area (Å²) in [5.74, 6) is -0.683. The lowest BCUT2D eigenvalue weighted by molar-refractivity contribution is -0.143. The molecule has 2 N–H and O–H groups in total. The number of hydrogen-bond acceptors (Lipinski definition) is 5. The number of thioether (sulfide) groups is 1. The zero-order valence-corrected chi connectivity index (χ0v) is 13.5. The van der Waals surface area contributed by atoms with Crippen molar-refractivity contribution in [3.05, 3.63) is 58.5 Å². The average molecular weight is 345 g/mol. The van der Waals surface area contributed by atoms with Gasteiger partial charge in [0.15, 0.2) is 0 Å². The molecule has 1 amide bonds. The average Bonchev–Trinajstić information content (AvgIpc) is 3.06. The molecular formula is C16H15N3O4S. The number of nitrogens with one attached hydrogen (secondary N) is 1. The van der Waals surface area contributed by atoms with Gasteiger partial charge in [-0.3, -0.25) is 9.59 Å². The molecule has 3 rings (SSSR count). The van der Waals surface area contributed by atoms with E-state index < -0.39 is 17.4 Å². The molecule has 24 heavy (non-hydrogen) atoms. The number of para-hydroxylation sites is 1. The van der Waals surface area contributed by atoms with E-state index in [4.69, 9.17) is 0 Å². The van der Waals surface area contributed by atoms with Gasteiger partial charge in [-0.1, -0.05) is 18.2 Å². The molecule has 1 atom stereocenters. The first kappa shape index (κ1) is 16.3. The highest BCUT2D eigenvalue weighted by atomic mass is 32.2. The van der Waals surface area contributed by atoms with Crippen LogP contribution in [0.4, 0.5) is 0 Å². The number of aliphatic carboxylic acids is 1. The molecule has 2 aromatic rings. The van der Waals surface area contributed by atoms with E-state index in [0.29, 0.717) is 23.6 Å². The van der Waals surface area contributed by atoms with Gasteiger partial charge in [-0.15, -0.1) is 0 Å². The van der Waals surface area contributed by atoms with Crippen LogP contribution in [0.15, 0.2) is 47.3 Å². The van der Waals surface area contributed by atoms with Crippen LogP contribution >= 0.6 is 11.8 Å². The highest BCUT2D eigenvalue weighted by Crippen LogP contribution is 2.28. The maximum atomic E-state index is 12.4. The fourth-order valence-corrected chi connectivity index (χ4v) is 3.78. The van der Waals surface area contributed by atoms with Crippen LogP contribution in [0.25, 0.3) is 5.69 Å². The Morgan fingerprint density at radius 3 is 2.58 bits per heavy atom. The summed E-state index contributed by atoms with van der Waals surface area (Å²) in [5.41, 5.74) is -1.13. The van der Waals surface area contributed by atoms with Crippen LogP contribution in [0.2, 0.25) is 0 Å². The van der Waals surface area contributed by atoms with Crippen molar-refractivity contribution >= 4 is 23.6 Å². The third-order valence-corrected chi connectivity index (χ3v) is 5.01. The van der Waals surface area contributed by atoms with Gasteiger partial charge < -0.3 is 10.4 Å². The Morgan fingerprint density at radius 2 is 1.96 bits per heavy atom. The molecule has 0 aliphatic carbocycles. The monoisotopic (exact) mass is 345 g/mol. The summed E-state index contributed by atoms with van der Waals surface area (Å²) in [5, 5.41) is 16.1. The molecule has 2 heterocycles. The van der Waals surface area contributed by atoms with Crippen molar-refractivity contribution in [3.8, 4) is 5.69 Å². The number of carbonyl (C=O) groups excluding carboxylic acids is 1. The van der Waals surface area contributed by atoms with Crippen LogP contribution in [0, 0.1) is 0 Å². The van der Waals surface area contributed by atoms with Gasteiger partial charge in [0.1, 0.15) is 11.2 Å². The highest BCUT2D eigenvalue weighted by molar-refractivity contribution is 7.99. The van der Waals surface area contributed by atoms with E-state index in [1.807, 2.05) is 0 Å². The Bertz CT molecular complexity index is 829. The van der Waals surface area contributed by atoms with E-state index in [0.717, 1.165) is 4.68 Å². The van der Waals surface area contributed by atoms with E-state index >= 15 is 0 Å². The molecule has 0 radical (unpaired) electrons. The summed E-state index contributed by atoms with van der Waals surface area (Å²) in [6.07, 6.45) is 0.358. The fraction of sp³-hybridized carbons (Fsp3) is 0.250. The van der Waals surface area contributed by atoms with Gasteiger partial charge in [0.25, 0.3) is 11.5 Å². The van der Waals surface area contributed by atoms with Crippen LogP contribution in [0.1, 0.15) is 16.9 Å². The van der Waals surface area contributed by atoms with Gasteiger partial charge in [-0.25, -0.2) is 4.79 Å². The second-order valence-electron chi connectivity index (χ2n) is 5.45. The number of benzene rings is 1. The molecule has 1 aliphatic heterocycles. The van der Waals surface area contributed by atoms with Crippen molar-refractivity contribution in [2.45, 2.75) is 12.0 Å². The predicted octanol–water partition coefficient (Wildman–Crippen LogP) is 0.923.